The van der Waals surface area contributed by atoms with E-state index in [9.17, 15) is 26.4 Å². The molecule has 0 aliphatic rings. The molecule has 2 aromatic carbocycles. The summed E-state index contributed by atoms with van der Waals surface area (Å²) in [5.74, 6) is -1.09. The maximum Gasteiger partial charge on any atom is 0.416 e. The van der Waals surface area contributed by atoms with Crippen LogP contribution in [0, 0.1) is 5.82 Å². The lowest BCUT2D eigenvalue weighted by atomic mass is 10.2. The number of nitrogens with zero attached hydrogens (tertiary/aromatic N) is 4. The Morgan fingerprint density at radius 3 is 2.54 bits per heavy atom. The van der Waals surface area contributed by atoms with Crippen molar-refractivity contribution in [1.29, 1.82) is 0 Å². The lowest BCUT2D eigenvalue weighted by molar-refractivity contribution is -0.137. The number of aryl methyl sites for hydroxylation is 1. The Balaban J connectivity index is 1.63. The maximum atomic E-state index is 15.1. The number of hydrogen-bond donors (Lipinski definition) is 1. The van der Waals surface area contributed by atoms with Crippen molar-refractivity contribution in [3.63, 3.8) is 0 Å². The molecule has 10 nitrogen and oxygen atoms in total. The Morgan fingerprint density at radius 2 is 1.86 bits per heavy atom. The highest BCUT2D eigenvalue weighted by Crippen LogP contribution is 2.32. The minimum Gasteiger partial charge on any atom is -0.437 e. The van der Waals surface area contributed by atoms with E-state index in [-0.39, 0.29) is 22.4 Å². The number of nitrogens with one attached hydrogen (secondary N) is 1. The Hall–Kier alpha value is -4.24. The quantitative estimate of drug-likeness (QED) is 0.275. The SMILES string of the molecule is Cn1ccc2ncnc(Oc3ccc(N(OS(C)(=O)=O)C(=O)Nc4cccc(C(F)(F)F)c4)c(F)c3)c21. The van der Waals surface area contributed by atoms with Crippen molar-refractivity contribution in [1.82, 2.24) is 14.5 Å². The number of hydrogen-bond acceptors (Lipinski definition) is 7. The highest BCUT2D eigenvalue weighted by molar-refractivity contribution is 7.86. The number of hydroxylamine groups is 1. The summed E-state index contributed by atoms with van der Waals surface area (Å²) in [5.41, 5.74) is -0.963. The molecular formula is C22H17F4N5O5S. The van der Waals surface area contributed by atoms with Crippen LogP contribution in [0.2, 0.25) is 0 Å². The number of benzene rings is 2. The predicted octanol–water partition coefficient (Wildman–Crippen LogP) is 4.85. The van der Waals surface area contributed by atoms with Crippen LogP contribution >= 0.6 is 0 Å². The average molecular weight is 539 g/mol. The lowest BCUT2D eigenvalue weighted by Crippen LogP contribution is -2.37. The van der Waals surface area contributed by atoms with Gasteiger partial charge < -0.3 is 14.6 Å². The molecule has 0 saturated carbocycles. The number of alkyl halides is 3. The number of carbonyl (C=O) groups is 1. The first-order chi connectivity index (χ1) is 17.3. The van der Waals surface area contributed by atoms with Crippen LogP contribution in [0.25, 0.3) is 11.0 Å². The lowest BCUT2D eigenvalue weighted by Gasteiger charge is -2.21. The summed E-state index contributed by atoms with van der Waals surface area (Å²) < 4.78 is 89.5. The molecule has 0 aliphatic carbocycles. The molecule has 37 heavy (non-hydrogen) atoms. The Kier molecular flexibility index (Phi) is 6.75. The second-order valence-electron chi connectivity index (χ2n) is 7.64. The summed E-state index contributed by atoms with van der Waals surface area (Å²) >= 11 is 0. The molecule has 194 valence electrons. The molecule has 1 N–H and O–H groups in total. The monoisotopic (exact) mass is 539 g/mol. The molecule has 2 amide bonds. The fourth-order valence-corrected chi connectivity index (χ4v) is 3.67. The van der Waals surface area contributed by atoms with Crippen LogP contribution in [0.15, 0.2) is 61.1 Å². The first-order valence-electron chi connectivity index (χ1n) is 10.2. The number of halogens is 4. The smallest absolute Gasteiger partial charge is 0.416 e. The largest absolute Gasteiger partial charge is 0.437 e. The number of ether oxygens (including phenoxy) is 1. The van der Waals surface area contributed by atoms with Crippen molar-refractivity contribution in [3.05, 3.63) is 72.4 Å². The van der Waals surface area contributed by atoms with Crippen LogP contribution in [-0.4, -0.2) is 35.2 Å². The number of amides is 2. The Morgan fingerprint density at radius 1 is 1.11 bits per heavy atom. The van der Waals surface area contributed by atoms with Crippen molar-refractivity contribution in [2.75, 3.05) is 16.6 Å². The first-order valence-corrected chi connectivity index (χ1v) is 12.0. The second-order valence-corrected chi connectivity index (χ2v) is 9.19. The van der Waals surface area contributed by atoms with E-state index in [0.717, 1.165) is 30.3 Å². The van der Waals surface area contributed by atoms with E-state index in [2.05, 4.69) is 19.6 Å². The summed E-state index contributed by atoms with van der Waals surface area (Å²) in [6.45, 7) is 0. The highest BCUT2D eigenvalue weighted by atomic mass is 32.2. The van der Waals surface area contributed by atoms with Gasteiger partial charge in [-0.05, 0) is 36.4 Å². The van der Waals surface area contributed by atoms with E-state index in [1.165, 1.54) is 12.4 Å². The number of aromatic nitrogens is 3. The normalized spacial score (nSPS) is 11.9. The molecule has 0 fully saturated rings. The highest BCUT2D eigenvalue weighted by Gasteiger charge is 2.31. The number of rotatable bonds is 6. The number of carbonyl (C=O) groups excluding carboxylic acids is 1. The van der Waals surface area contributed by atoms with E-state index in [1.54, 1.807) is 23.9 Å². The molecule has 0 spiro atoms. The zero-order chi connectivity index (χ0) is 27.0. The fourth-order valence-electron chi connectivity index (χ4n) is 3.25. The van der Waals surface area contributed by atoms with Gasteiger partial charge in [0.2, 0.25) is 5.88 Å². The van der Waals surface area contributed by atoms with Crippen LogP contribution < -0.4 is 15.1 Å². The molecule has 0 unspecified atom stereocenters. The minimum atomic E-state index is -4.69. The summed E-state index contributed by atoms with van der Waals surface area (Å²) in [6, 6.07) is 6.96. The van der Waals surface area contributed by atoms with Crippen molar-refractivity contribution < 1.29 is 39.8 Å². The van der Waals surface area contributed by atoms with Gasteiger partial charge >= 0.3 is 12.2 Å². The van der Waals surface area contributed by atoms with Gasteiger partial charge in [-0.2, -0.15) is 26.6 Å². The first kappa shape index (κ1) is 25.8. The summed E-state index contributed by atoms with van der Waals surface area (Å²) in [5, 5.41) is 2.12. The average Bonchev–Trinajstić information content (AvgIpc) is 3.19. The Bertz CT molecular complexity index is 1590. The van der Waals surface area contributed by atoms with Crippen molar-refractivity contribution >= 4 is 38.6 Å². The molecule has 0 radical (unpaired) electrons. The minimum absolute atomic E-state index is 0.0555. The topological polar surface area (TPSA) is 116 Å². The van der Waals surface area contributed by atoms with Crippen molar-refractivity contribution in [2.45, 2.75) is 6.18 Å². The molecule has 0 atom stereocenters. The van der Waals surface area contributed by atoms with Gasteiger partial charge in [-0.25, -0.2) is 14.2 Å². The van der Waals surface area contributed by atoms with E-state index in [4.69, 9.17) is 4.74 Å². The van der Waals surface area contributed by atoms with Gasteiger partial charge in [0, 0.05) is 25.0 Å². The number of anilines is 2. The molecule has 2 aromatic heterocycles. The zero-order valence-corrected chi connectivity index (χ0v) is 19.8. The van der Waals surface area contributed by atoms with Crippen LogP contribution in [0.5, 0.6) is 11.6 Å². The summed E-state index contributed by atoms with van der Waals surface area (Å²) in [4.78, 5) is 20.9. The molecular weight excluding hydrogens is 522 g/mol. The maximum absolute atomic E-state index is 15.1. The third kappa shape index (κ3) is 5.95. The molecule has 4 aromatic rings. The van der Waals surface area contributed by atoms with Crippen LogP contribution in [0.1, 0.15) is 5.56 Å². The predicted molar refractivity (Wildman–Crippen MR) is 124 cm³/mol. The molecule has 2 heterocycles. The third-order valence-corrected chi connectivity index (χ3v) is 5.23. The van der Waals surface area contributed by atoms with Gasteiger partial charge in [0.15, 0.2) is 5.82 Å². The molecule has 15 heteroatoms. The molecule has 4 rings (SSSR count). The Labute approximate surface area is 207 Å². The van der Waals surface area contributed by atoms with Crippen LogP contribution in [0.3, 0.4) is 0 Å². The van der Waals surface area contributed by atoms with Crippen LogP contribution in [-0.2, 0) is 27.6 Å². The second kappa shape index (κ2) is 9.67. The zero-order valence-electron chi connectivity index (χ0n) is 19.0. The van der Waals surface area contributed by atoms with Gasteiger partial charge in [0.25, 0.3) is 10.1 Å². The van der Waals surface area contributed by atoms with Crippen molar-refractivity contribution in [3.8, 4) is 11.6 Å². The standard InChI is InChI=1S/C22H17F4N5O5S/c1-30-9-8-17-19(30)20(28-12-27-17)35-15-6-7-18(16(23)11-15)31(36-37(2,33)34)21(32)29-14-5-3-4-13(10-14)22(24,25)26/h3-12H,1-2H3,(H,29,32). The summed E-state index contributed by atoms with van der Waals surface area (Å²) in [6.07, 6.45) is -1.12. The van der Waals surface area contributed by atoms with Crippen LogP contribution in [0.4, 0.5) is 33.7 Å². The van der Waals surface area contributed by atoms with E-state index < -0.39 is 39.4 Å². The summed E-state index contributed by atoms with van der Waals surface area (Å²) in [7, 11) is -2.64. The third-order valence-electron chi connectivity index (χ3n) is 4.81. The van der Waals surface area contributed by atoms with Crippen molar-refractivity contribution in [2.24, 2.45) is 7.05 Å². The van der Waals surface area contributed by atoms with Gasteiger partial charge in [-0.1, -0.05) is 6.07 Å². The molecule has 0 bridgehead atoms. The molecule has 0 saturated heterocycles. The van der Waals surface area contributed by atoms with E-state index in [1.807, 2.05) is 0 Å². The number of urea groups is 1. The van der Waals surface area contributed by atoms with Gasteiger partial charge in [-0.15, -0.1) is 9.35 Å². The number of fused-ring (bicyclic) bond motifs is 1. The fraction of sp³-hybridized carbons (Fsp3) is 0.136. The van der Waals surface area contributed by atoms with E-state index in [0.29, 0.717) is 23.4 Å². The molecule has 0 aliphatic heterocycles. The van der Waals surface area contributed by atoms with Gasteiger partial charge in [0.05, 0.1) is 17.3 Å². The van der Waals surface area contributed by atoms with Gasteiger partial charge in [-0.3, -0.25) is 0 Å². The van der Waals surface area contributed by atoms with E-state index >= 15 is 4.39 Å². The van der Waals surface area contributed by atoms with Gasteiger partial charge in [0.1, 0.15) is 23.3 Å².